The average Bonchev–Trinajstić information content (AvgIpc) is 3.17. The fourth-order valence-corrected chi connectivity index (χ4v) is 5.50. The lowest BCUT2D eigenvalue weighted by Crippen LogP contribution is -2.43. The Bertz CT molecular complexity index is 1160. The molecule has 4 nitrogen and oxygen atoms in total. The quantitative estimate of drug-likeness (QED) is 0.453. The molecule has 1 amide bonds. The third-order valence-corrected chi connectivity index (χ3v) is 7.24. The van der Waals surface area contributed by atoms with Crippen molar-refractivity contribution in [2.24, 2.45) is 11.7 Å². The molecule has 3 aromatic rings. The van der Waals surface area contributed by atoms with E-state index < -0.39 is 0 Å². The highest BCUT2D eigenvalue weighted by atomic mass is 35.5. The Morgan fingerprint density at radius 3 is 2.48 bits per heavy atom. The van der Waals surface area contributed by atoms with Crippen molar-refractivity contribution in [1.29, 1.82) is 0 Å². The van der Waals surface area contributed by atoms with Crippen molar-refractivity contribution in [3.05, 3.63) is 82.8 Å². The third-order valence-electron chi connectivity index (χ3n) is 7.24. The summed E-state index contributed by atoms with van der Waals surface area (Å²) in [5, 5.41) is 1.19. The molecule has 0 saturated heterocycles. The smallest absolute Gasteiger partial charge is 0.244 e. The molecule has 1 aromatic heterocycles. The standard InChI is InChI=1S/C27H32FN3O.ClH/c1-18(15-20-17-30-24-10-5-4-9-23(20)24)25(26(29)32)19-11-13-27(14-12-19,31(2)3)21-7-6-8-22(28)16-21;/h4-10,16-18,30H,11-15H2,1-3H3,(H2,29,32);1H. The Balaban J connectivity index is 0.00000306. The molecule has 4 rings (SSSR count). The summed E-state index contributed by atoms with van der Waals surface area (Å²) in [6, 6.07) is 15.1. The molecular formula is C27H33ClFN3O. The molecular weight excluding hydrogens is 437 g/mol. The molecule has 3 N–H and O–H groups in total. The van der Waals surface area contributed by atoms with Crippen molar-refractivity contribution in [1.82, 2.24) is 9.88 Å². The molecule has 1 saturated carbocycles. The van der Waals surface area contributed by atoms with E-state index in [0.717, 1.165) is 54.3 Å². The van der Waals surface area contributed by atoms with Gasteiger partial charge in [0.2, 0.25) is 5.91 Å². The van der Waals surface area contributed by atoms with Crippen molar-refractivity contribution >= 4 is 29.2 Å². The number of primary amides is 1. The van der Waals surface area contributed by atoms with Gasteiger partial charge >= 0.3 is 0 Å². The van der Waals surface area contributed by atoms with Crippen LogP contribution in [0, 0.1) is 11.7 Å². The number of carbonyl (C=O) groups excluding carboxylic acids is 1. The maximum atomic E-state index is 14.0. The highest BCUT2D eigenvalue weighted by molar-refractivity contribution is 5.93. The number of nitrogens with zero attached hydrogens (tertiary/aromatic N) is 1. The van der Waals surface area contributed by atoms with E-state index >= 15 is 0 Å². The van der Waals surface area contributed by atoms with Crippen LogP contribution < -0.4 is 5.73 Å². The Hall–Kier alpha value is -2.63. The van der Waals surface area contributed by atoms with Crippen molar-refractivity contribution in [2.75, 3.05) is 14.1 Å². The summed E-state index contributed by atoms with van der Waals surface area (Å²) in [5.74, 6) is -0.506. The number of hydrogen-bond donors (Lipinski definition) is 2. The van der Waals surface area contributed by atoms with Crippen molar-refractivity contribution in [3.63, 3.8) is 0 Å². The van der Waals surface area contributed by atoms with Gasteiger partial charge in [-0.05, 0) is 81.4 Å². The number of rotatable bonds is 6. The van der Waals surface area contributed by atoms with E-state index in [1.807, 2.05) is 38.5 Å². The topological polar surface area (TPSA) is 62.1 Å². The highest BCUT2D eigenvalue weighted by Crippen LogP contribution is 2.44. The third kappa shape index (κ3) is 4.85. The summed E-state index contributed by atoms with van der Waals surface area (Å²) >= 11 is 0. The van der Waals surface area contributed by atoms with E-state index in [-0.39, 0.29) is 35.6 Å². The Labute approximate surface area is 201 Å². The molecule has 1 heterocycles. The summed E-state index contributed by atoms with van der Waals surface area (Å²) in [6.45, 7) is 2.09. The molecule has 0 aliphatic heterocycles. The van der Waals surface area contributed by atoms with Crippen LogP contribution in [0.4, 0.5) is 4.39 Å². The summed E-state index contributed by atoms with van der Waals surface area (Å²) in [7, 11) is 4.10. The van der Waals surface area contributed by atoms with Gasteiger partial charge in [-0.25, -0.2) is 4.39 Å². The molecule has 0 bridgehead atoms. The van der Waals surface area contributed by atoms with Crippen LogP contribution in [0.1, 0.15) is 43.7 Å². The first kappa shape index (κ1) is 25.0. The molecule has 0 radical (unpaired) electrons. The number of benzene rings is 2. The number of allylic oxidation sites excluding steroid dienone is 1. The number of nitrogens with one attached hydrogen (secondary N) is 1. The van der Waals surface area contributed by atoms with Crippen LogP contribution in [-0.2, 0) is 16.8 Å². The van der Waals surface area contributed by atoms with Crippen LogP contribution in [0.5, 0.6) is 0 Å². The number of carbonyl (C=O) groups is 1. The molecule has 0 spiro atoms. The first-order valence-electron chi connectivity index (χ1n) is 11.3. The zero-order valence-electron chi connectivity index (χ0n) is 19.5. The van der Waals surface area contributed by atoms with E-state index in [1.165, 1.54) is 17.0 Å². The molecule has 6 heteroatoms. The number of hydrogen-bond acceptors (Lipinski definition) is 2. The lowest BCUT2D eigenvalue weighted by molar-refractivity contribution is -0.115. The number of halogens is 2. The summed E-state index contributed by atoms with van der Waals surface area (Å²) in [6.07, 6.45) is 6.02. The summed E-state index contributed by atoms with van der Waals surface area (Å²) in [4.78, 5) is 18.0. The second kappa shape index (κ2) is 10.1. The van der Waals surface area contributed by atoms with Crippen molar-refractivity contribution in [2.45, 2.75) is 44.6 Å². The second-order valence-electron chi connectivity index (χ2n) is 9.28. The number of nitrogens with two attached hydrogens (primary N) is 1. The molecule has 1 fully saturated rings. The predicted octanol–water partition coefficient (Wildman–Crippen LogP) is 5.72. The molecule has 1 aliphatic carbocycles. The maximum absolute atomic E-state index is 14.0. The Kier molecular flexibility index (Phi) is 7.65. The Morgan fingerprint density at radius 1 is 1.15 bits per heavy atom. The zero-order valence-corrected chi connectivity index (χ0v) is 20.3. The van der Waals surface area contributed by atoms with Gasteiger partial charge in [0, 0.05) is 28.2 Å². The molecule has 33 heavy (non-hydrogen) atoms. The largest absolute Gasteiger partial charge is 0.366 e. The van der Waals surface area contributed by atoms with Gasteiger partial charge in [0.05, 0.1) is 0 Å². The number of para-hydroxylation sites is 1. The second-order valence-corrected chi connectivity index (χ2v) is 9.28. The van der Waals surface area contributed by atoms with E-state index in [9.17, 15) is 9.18 Å². The SMILES string of the molecule is CC(Cc1c[nH]c2ccccc12)C(C(N)=O)=C1CCC(c2cccc(F)c2)(N(C)C)CC1.Cl. The first-order valence-corrected chi connectivity index (χ1v) is 11.3. The van der Waals surface area contributed by atoms with E-state index in [4.69, 9.17) is 5.73 Å². The minimum absolute atomic E-state index is 0. The van der Waals surface area contributed by atoms with E-state index in [1.54, 1.807) is 12.1 Å². The van der Waals surface area contributed by atoms with Gasteiger partial charge in [0.15, 0.2) is 0 Å². The minimum atomic E-state index is -0.324. The van der Waals surface area contributed by atoms with Gasteiger partial charge in [0.1, 0.15) is 5.82 Å². The van der Waals surface area contributed by atoms with Gasteiger partial charge in [-0.3, -0.25) is 9.69 Å². The van der Waals surface area contributed by atoms with Crippen molar-refractivity contribution in [3.8, 4) is 0 Å². The molecule has 176 valence electrons. The van der Waals surface area contributed by atoms with Gasteiger partial charge in [-0.2, -0.15) is 0 Å². The van der Waals surface area contributed by atoms with Crippen LogP contribution in [0.25, 0.3) is 10.9 Å². The number of fused-ring (bicyclic) bond motifs is 1. The van der Waals surface area contributed by atoms with Gasteiger partial charge in [0.25, 0.3) is 0 Å². The van der Waals surface area contributed by atoms with Gasteiger partial charge in [-0.15, -0.1) is 12.4 Å². The minimum Gasteiger partial charge on any atom is -0.366 e. The fourth-order valence-electron chi connectivity index (χ4n) is 5.50. The first-order chi connectivity index (χ1) is 15.3. The molecule has 2 aromatic carbocycles. The Morgan fingerprint density at radius 2 is 1.85 bits per heavy atom. The molecule has 1 unspecified atom stereocenters. The number of H-pyrrole nitrogens is 1. The highest BCUT2D eigenvalue weighted by Gasteiger charge is 2.38. The number of aromatic nitrogens is 1. The van der Waals surface area contributed by atoms with Crippen LogP contribution in [0.2, 0.25) is 0 Å². The van der Waals surface area contributed by atoms with Crippen LogP contribution >= 0.6 is 12.4 Å². The van der Waals surface area contributed by atoms with Crippen molar-refractivity contribution < 1.29 is 9.18 Å². The molecule has 1 aliphatic rings. The molecule has 1 atom stereocenters. The lowest BCUT2D eigenvalue weighted by atomic mass is 9.72. The summed E-state index contributed by atoms with van der Waals surface area (Å²) in [5.41, 5.74) is 10.9. The predicted molar refractivity (Wildman–Crippen MR) is 135 cm³/mol. The fraction of sp³-hybridized carbons (Fsp3) is 0.370. The van der Waals surface area contributed by atoms with Crippen LogP contribution in [0.3, 0.4) is 0 Å². The average molecular weight is 470 g/mol. The number of amides is 1. The van der Waals surface area contributed by atoms with Gasteiger partial charge in [-0.1, -0.05) is 42.8 Å². The van der Waals surface area contributed by atoms with Gasteiger partial charge < -0.3 is 10.7 Å². The van der Waals surface area contributed by atoms with E-state index in [2.05, 4.69) is 28.9 Å². The normalized spacial score (nSPS) is 19.4. The lowest BCUT2D eigenvalue weighted by Gasteiger charge is -2.44. The monoisotopic (exact) mass is 469 g/mol. The maximum Gasteiger partial charge on any atom is 0.244 e. The number of aromatic amines is 1. The van der Waals surface area contributed by atoms with E-state index in [0.29, 0.717) is 0 Å². The summed E-state index contributed by atoms with van der Waals surface area (Å²) < 4.78 is 14.0. The van der Waals surface area contributed by atoms with Crippen LogP contribution in [0.15, 0.2) is 65.9 Å². The zero-order chi connectivity index (χ0) is 22.9. The van der Waals surface area contributed by atoms with Crippen LogP contribution in [-0.4, -0.2) is 29.9 Å².